The Morgan fingerprint density at radius 3 is 2.71 bits per heavy atom. The van der Waals surface area contributed by atoms with Gasteiger partial charge in [-0.2, -0.15) is 0 Å². The van der Waals surface area contributed by atoms with Crippen molar-refractivity contribution in [1.29, 1.82) is 0 Å². The van der Waals surface area contributed by atoms with Gasteiger partial charge in [0.25, 0.3) is 0 Å². The number of ether oxygens (including phenoxy) is 1. The highest BCUT2D eigenvalue weighted by atomic mass is 19.1. The quantitative estimate of drug-likeness (QED) is 0.556. The zero-order valence-electron chi connectivity index (χ0n) is 10.0. The van der Waals surface area contributed by atoms with E-state index in [4.69, 9.17) is 14.8 Å². The van der Waals surface area contributed by atoms with Crippen molar-refractivity contribution in [3.8, 4) is 0 Å². The van der Waals surface area contributed by atoms with Gasteiger partial charge in [-0.1, -0.05) is 25.8 Å². The number of rotatable bonds is 7. The van der Waals surface area contributed by atoms with E-state index in [0.717, 1.165) is 25.3 Å². The summed E-state index contributed by atoms with van der Waals surface area (Å²) in [7, 11) is -1.67. The third-order valence-electron chi connectivity index (χ3n) is 2.54. The van der Waals surface area contributed by atoms with Crippen LogP contribution in [0.5, 0.6) is 0 Å². The Balaban J connectivity index is 2.52. The fraction of sp³-hybridized carbons (Fsp3) is 0.500. The highest BCUT2D eigenvalue weighted by molar-refractivity contribution is 6.59. The minimum absolute atomic E-state index is 0.167. The molecule has 0 saturated carbocycles. The Labute approximate surface area is 101 Å². The van der Waals surface area contributed by atoms with Gasteiger partial charge in [-0.15, -0.1) is 0 Å². The van der Waals surface area contributed by atoms with Crippen LogP contribution in [0.15, 0.2) is 18.2 Å². The van der Waals surface area contributed by atoms with Crippen molar-refractivity contribution in [2.75, 3.05) is 6.61 Å². The van der Waals surface area contributed by atoms with E-state index < -0.39 is 12.9 Å². The number of benzene rings is 1. The fourth-order valence-corrected chi connectivity index (χ4v) is 1.57. The molecule has 0 fully saturated rings. The van der Waals surface area contributed by atoms with Gasteiger partial charge in [0, 0.05) is 6.61 Å². The lowest BCUT2D eigenvalue weighted by Gasteiger charge is -2.09. The third-order valence-corrected chi connectivity index (χ3v) is 2.54. The summed E-state index contributed by atoms with van der Waals surface area (Å²) >= 11 is 0. The van der Waals surface area contributed by atoms with E-state index in [0.29, 0.717) is 12.2 Å². The van der Waals surface area contributed by atoms with Crippen molar-refractivity contribution in [2.24, 2.45) is 0 Å². The van der Waals surface area contributed by atoms with Gasteiger partial charge in [-0.25, -0.2) is 4.39 Å². The summed E-state index contributed by atoms with van der Waals surface area (Å²) < 4.78 is 18.3. The van der Waals surface area contributed by atoms with Crippen LogP contribution >= 0.6 is 0 Å². The SMILES string of the molecule is CCCCCOCc1ccc(F)cc1B(O)O. The van der Waals surface area contributed by atoms with Crippen LogP contribution in [0.2, 0.25) is 0 Å². The molecule has 0 spiro atoms. The van der Waals surface area contributed by atoms with E-state index in [-0.39, 0.29) is 12.1 Å². The summed E-state index contributed by atoms with van der Waals surface area (Å²) in [4.78, 5) is 0. The Hall–Kier alpha value is -0.905. The fourth-order valence-electron chi connectivity index (χ4n) is 1.57. The van der Waals surface area contributed by atoms with Crippen molar-refractivity contribution < 1.29 is 19.2 Å². The largest absolute Gasteiger partial charge is 0.488 e. The van der Waals surface area contributed by atoms with Crippen molar-refractivity contribution in [3.63, 3.8) is 0 Å². The molecule has 0 heterocycles. The predicted octanol–water partition coefficient (Wildman–Crippen LogP) is 1.21. The van der Waals surface area contributed by atoms with E-state index in [1.165, 1.54) is 12.1 Å². The van der Waals surface area contributed by atoms with Crippen LogP contribution in [0.3, 0.4) is 0 Å². The molecule has 94 valence electrons. The van der Waals surface area contributed by atoms with Crippen molar-refractivity contribution in [2.45, 2.75) is 32.8 Å². The summed E-state index contributed by atoms with van der Waals surface area (Å²) in [5.41, 5.74) is 0.776. The second-order valence-corrected chi connectivity index (χ2v) is 3.98. The second-order valence-electron chi connectivity index (χ2n) is 3.98. The van der Waals surface area contributed by atoms with E-state index in [2.05, 4.69) is 6.92 Å². The van der Waals surface area contributed by atoms with Crippen LogP contribution in [0.1, 0.15) is 31.7 Å². The average Bonchev–Trinajstić information content (AvgIpc) is 2.30. The maximum atomic E-state index is 12.9. The molecule has 0 bridgehead atoms. The third kappa shape index (κ3) is 4.85. The van der Waals surface area contributed by atoms with Gasteiger partial charge in [-0.3, -0.25) is 0 Å². The summed E-state index contributed by atoms with van der Waals surface area (Å²) in [5, 5.41) is 18.2. The smallest absolute Gasteiger partial charge is 0.423 e. The molecule has 0 atom stereocenters. The first-order valence-electron chi connectivity index (χ1n) is 5.87. The summed E-state index contributed by atoms with van der Waals surface area (Å²) in [6.07, 6.45) is 3.22. The molecule has 0 aromatic heterocycles. The molecule has 0 aliphatic carbocycles. The van der Waals surface area contributed by atoms with Gasteiger partial charge < -0.3 is 14.8 Å². The maximum Gasteiger partial charge on any atom is 0.488 e. The van der Waals surface area contributed by atoms with Crippen LogP contribution in [0, 0.1) is 5.82 Å². The zero-order valence-corrected chi connectivity index (χ0v) is 10.0. The lowest BCUT2D eigenvalue weighted by Crippen LogP contribution is -2.33. The summed E-state index contributed by atoms with van der Waals surface area (Å²) in [6.45, 7) is 3.02. The lowest BCUT2D eigenvalue weighted by atomic mass is 9.77. The first-order valence-corrected chi connectivity index (χ1v) is 5.87. The van der Waals surface area contributed by atoms with E-state index in [1.54, 1.807) is 0 Å². The Kier molecular flexibility index (Phi) is 6.18. The molecule has 3 nitrogen and oxygen atoms in total. The van der Waals surface area contributed by atoms with E-state index in [9.17, 15) is 4.39 Å². The number of unbranched alkanes of at least 4 members (excludes halogenated alkanes) is 2. The van der Waals surface area contributed by atoms with E-state index >= 15 is 0 Å². The summed E-state index contributed by atoms with van der Waals surface area (Å²) in [5.74, 6) is -0.483. The number of halogens is 1. The van der Waals surface area contributed by atoms with Gasteiger partial charge in [0.2, 0.25) is 0 Å². The molecule has 1 aromatic rings. The molecular weight excluding hydrogens is 222 g/mol. The molecule has 0 saturated heterocycles. The molecule has 17 heavy (non-hydrogen) atoms. The summed E-state index contributed by atoms with van der Waals surface area (Å²) in [6, 6.07) is 3.93. The molecule has 0 aliphatic heterocycles. The molecule has 0 amide bonds. The maximum absolute atomic E-state index is 12.9. The molecular formula is C12H18BFO3. The number of hydrogen-bond donors (Lipinski definition) is 2. The zero-order chi connectivity index (χ0) is 12.7. The highest BCUT2D eigenvalue weighted by Crippen LogP contribution is 2.04. The van der Waals surface area contributed by atoms with Crippen LogP contribution in [-0.2, 0) is 11.3 Å². The lowest BCUT2D eigenvalue weighted by molar-refractivity contribution is 0.117. The van der Waals surface area contributed by atoms with Gasteiger partial charge in [0.05, 0.1) is 6.61 Å². The van der Waals surface area contributed by atoms with Crippen molar-refractivity contribution >= 4 is 12.6 Å². The Morgan fingerprint density at radius 1 is 1.29 bits per heavy atom. The number of hydrogen-bond acceptors (Lipinski definition) is 3. The minimum Gasteiger partial charge on any atom is -0.423 e. The Bertz CT molecular complexity index is 345. The predicted molar refractivity (Wildman–Crippen MR) is 65.4 cm³/mol. The first-order chi connectivity index (χ1) is 8.15. The Morgan fingerprint density at radius 2 is 2.06 bits per heavy atom. The molecule has 5 heteroatoms. The minimum atomic E-state index is -1.67. The van der Waals surface area contributed by atoms with Gasteiger partial charge in [0.15, 0.2) is 0 Å². The molecule has 0 aliphatic rings. The van der Waals surface area contributed by atoms with Gasteiger partial charge in [0.1, 0.15) is 5.82 Å². The highest BCUT2D eigenvalue weighted by Gasteiger charge is 2.16. The van der Waals surface area contributed by atoms with E-state index in [1.807, 2.05) is 0 Å². The first kappa shape index (κ1) is 14.2. The molecule has 0 unspecified atom stereocenters. The molecule has 1 rings (SSSR count). The normalized spacial score (nSPS) is 10.6. The van der Waals surface area contributed by atoms with Crippen molar-refractivity contribution in [3.05, 3.63) is 29.6 Å². The molecule has 2 N–H and O–H groups in total. The van der Waals surface area contributed by atoms with Gasteiger partial charge >= 0.3 is 7.12 Å². The molecule has 1 aromatic carbocycles. The van der Waals surface area contributed by atoms with Crippen molar-refractivity contribution in [1.82, 2.24) is 0 Å². The van der Waals surface area contributed by atoms with Gasteiger partial charge in [-0.05, 0) is 29.6 Å². The second kappa shape index (κ2) is 7.43. The van der Waals surface area contributed by atoms with Crippen LogP contribution in [0.4, 0.5) is 4.39 Å². The molecule has 0 radical (unpaired) electrons. The standard InChI is InChI=1S/C12H18BFO3/c1-2-3-4-7-17-9-10-5-6-11(14)8-12(10)13(15)16/h5-6,8,15-16H,2-4,7,9H2,1H3. The van der Waals surface area contributed by atoms with Crippen LogP contribution in [0.25, 0.3) is 0 Å². The topological polar surface area (TPSA) is 49.7 Å². The van der Waals surface area contributed by atoms with Crippen LogP contribution in [-0.4, -0.2) is 23.8 Å². The van der Waals surface area contributed by atoms with Crippen LogP contribution < -0.4 is 5.46 Å². The average molecular weight is 240 g/mol. The monoisotopic (exact) mass is 240 g/mol.